The Morgan fingerprint density at radius 2 is 2.00 bits per heavy atom. The van der Waals surface area contributed by atoms with E-state index in [9.17, 15) is 18.0 Å². The van der Waals surface area contributed by atoms with Crippen molar-refractivity contribution in [2.75, 3.05) is 0 Å². The van der Waals surface area contributed by atoms with Gasteiger partial charge in [-0.25, -0.2) is 0 Å². The molecule has 0 aliphatic heterocycles. The Morgan fingerprint density at radius 3 is 2.60 bits per heavy atom. The third kappa shape index (κ3) is 1.56. The van der Waals surface area contributed by atoms with Gasteiger partial charge < -0.3 is 4.57 Å². The van der Waals surface area contributed by atoms with Crippen molar-refractivity contribution in [1.29, 1.82) is 0 Å². The zero-order chi connectivity index (χ0) is 11.2. The lowest BCUT2D eigenvalue weighted by Crippen LogP contribution is -2.24. The van der Waals surface area contributed by atoms with Gasteiger partial charge in [-0.3, -0.25) is 4.79 Å². The van der Waals surface area contributed by atoms with Crippen LogP contribution < -0.4 is 5.56 Å². The fourth-order valence-electron chi connectivity index (χ4n) is 2.08. The Hall–Kier alpha value is -1.26. The number of halogens is 3. The first kappa shape index (κ1) is 10.3. The molecule has 0 bridgehead atoms. The summed E-state index contributed by atoms with van der Waals surface area (Å²) < 4.78 is 39.1. The Balaban J connectivity index is 2.74. The van der Waals surface area contributed by atoms with Crippen molar-refractivity contribution in [2.24, 2.45) is 7.05 Å². The first-order valence-electron chi connectivity index (χ1n) is 4.70. The summed E-state index contributed by atoms with van der Waals surface area (Å²) in [6, 6.07) is 0.699. The number of alkyl halides is 3. The molecule has 15 heavy (non-hydrogen) atoms. The maximum Gasteiger partial charge on any atom is 0.416 e. The van der Waals surface area contributed by atoms with E-state index in [1.807, 2.05) is 0 Å². The molecule has 1 aliphatic carbocycles. The highest BCUT2D eigenvalue weighted by molar-refractivity contribution is 5.36. The average molecular weight is 217 g/mol. The van der Waals surface area contributed by atoms with E-state index >= 15 is 0 Å². The van der Waals surface area contributed by atoms with Gasteiger partial charge in [0, 0.05) is 18.8 Å². The van der Waals surface area contributed by atoms with Crippen LogP contribution in [0.25, 0.3) is 0 Å². The second kappa shape index (κ2) is 3.12. The number of fused-ring (bicyclic) bond motifs is 1. The van der Waals surface area contributed by atoms with Crippen molar-refractivity contribution in [1.82, 2.24) is 4.57 Å². The Bertz CT molecular complexity index is 459. The van der Waals surface area contributed by atoms with Gasteiger partial charge in [0.25, 0.3) is 5.56 Å². The molecule has 82 valence electrons. The minimum Gasteiger partial charge on any atom is -0.315 e. The summed E-state index contributed by atoms with van der Waals surface area (Å²) >= 11 is 0. The highest BCUT2D eigenvalue weighted by Crippen LogP contribution is 2.35. The topological polar surface area (TPSA) is 22.0 Å². The molecule has 0 fully saturated rings. The summed E-state index contributed by atoms with van der Waals surface area (Å²) in [4.78, 5) is 11.3. The molecule has 2 rings (SSSR count). The molecule has 0 aromatic carbocycles. The fraction of sp³-hybridized carbons (Fsp3) is 0.500. The van der Waals surface area contributed by atoms with Gasteiger partial charge in [-0.05, 0) is 24.8 Å². The lowest BCUT2D eigenvalue weighted by atomic mass is 10.1. The van der Waals surface area contributed by atoms with Crippen LogP contribution in [0.2, 0.25) is 0 Å². The standard InChI is InChI=1S/C10H10F3NO/c1-14-8-4-2-3-6(8)7(5-9(14)15)10(11,12)13/h5H,2-4H2,1H3. The molecule has 1 aliphatic rings. The first-order chi connectivity index (χ1) is 6.91. The van der Waals surface area contributed by atoms with E-state index in [0.29, 0.717) is 36.6 Å². The highest BCUT2D eigenvalue weighted by atomic mass is 19.4. The van der Waals surface area contributed by atoms with Gasteiger partial charge >= 0.3 is 6.18 Å². The van der Waals surface area contributed by atoms with Gasteiger partial charge in [0.2, 0.25) is 0 Å². The monoisotopic (exact) mass is 217 g/mol. The SMILES string of the molecule is Cn1c2c(c(C(F)(F)F)cc1=O)CCC2. The molecule has 5 heteroatoms. The molecule has 0 saturated heterocycles. The van der Waals surface area contributed by atoms with E-state index in [2.05, 4.69) is 0 Å². The third-order valence-corrected chi connectivity index (χ3v) is 2.82. The molecule has 0 saturated carbocycles. The lowest BCUT2D eigenvalue weighted by molar-refractivity contribution is -0.138. The average Bonchev–Trinajstić information content (AvgIpc) is 2.57. The molecule has 1 aromatic rings. The minimum absolute atomic E-state index is 0.296. The fourth-order valence-corrected chi connectivity index (χ4v) is 2.08. The van der Waals surface area contributed by atoms with Crippen LogP contribution >= 0.6 is 0 Å². The Labute approximate surface area is 84.3 Å². The van der Waals surface area contributed by atoms with Gasteiger partial charge in [0.15, 0.2) is 0 Å². The number of rotatable bonds is 0. The smallest absolute Gasteiger partial charge is 0.315 e. The van der Waals surface area contributed by atoms with E-state index in [1.165, 1.54) is 11.6 Å². The predicted octanol–water partition coefficient (Wildman–Crippen LogP) is 1.89. The van der Waals surface area contributed by atoms with Gasteiger partial charge in [-0.15, -0.1) is 0 Å². The molecular formula is C10H10F3NO. The maximum absolute atomic E-state index is 12.6. The molecule has 0 N–H and O–H groups in total. The third-order valence-electron chi connectivity index (χ3n) is 2.82. The van der Waals surface area contributed by atoms with E-state index in [1.54, 1.807) is 0 Å². The zero-order valence-electron chi connectivity index (χ0n) is 8.19. The summed E-state index contributed by atoms with van der Waals surface area (Å²) in [6.45, 7) is 0. The van der Waals surface area contributed by atoms with Crippen LogP contribution in [-0.4, -0.2) is 4.57 Å². The molecule has 0 atom stereocenters. The van der Waals surface area contributed by atoms with Gasteiger partial charge in [0.05, 0.1) is 5.56 Å². The second-order valence-corrected chi connectivity index (χ2v) is 3.73. The maximum atomic E-state index is 12.6. The van der Waals surface area contributed by atoms with Crippen LogP contribution in [0.15, 0.2) is 10.9 Å². The summed E-state index contributed by atoms with van der Waals surface area (Å²) in [5, 5.41) is 0. The largest absolute Gasteiger partial charge is 0.416 e. The first-order valence-corrected chi connectivity index (χ1v) is 4.70. The van der Waals surface area contributed by atoms with Gasteiger partial charge in [-0.1, -0.05) is 0 Å². The van der Waals surface area contributed by atoms with Crippen molar-refractivity contribution in [3.8, 4) is 0 Å². The quantitative estimate of drug-likeness (QED) is 0.650. The van der Waals surface area contributed by atoms with Crippen LogP contribution in [0.4, 0.5) is 13.2 Å². The predicted molar refractivity (Wildman–Crippen MR) is 48.7 cm³/mol. The van der Waals surface area contributed by atoms with Gasteiger partial charge in [0.1, 0.15) is 0 Å². The number of aromatic nitrogens is 1. The van der Waals surface area contributed by atoms with Crippen LogP contribution in [-0.2, 0) is 26.1 Å². The molecule has 0 radical (unpaired) electrons. The molecular weight excluding hydrogens is 207 g/mol. The summed E-state index contributed by atoms with van der Waals surface area (Å²) in [7, 11) is 1.52. The number of hydrogen-bond acceptors (Lipinski definition) is 1. The van der Waals surface area contributed by atoms with Crippen molar-refractivity contribution in [2.45, 2.75) is 25.4 Å². The normalized spacial score (nSPS) is 15.5. The second-order valence-electron chi connectivity index (χ2n) is 3.73. The Kier molecular flexibility index (Phi) is 2.13. The summed E-state index contributed by atoms with van der Waals surface area (Å²) in [5.74, 6) is 0. The lowest BCUT2D eigenvalue weighted by Gasteiger charge is -2.14. The highest BCUT2D eigenvalue weighted by Gasteiger charge is 2.36. The van der Waals surface area contributed by atoms with Crippen LogP contribution in [0, 0.1) is 0 Å². The number of nitrogens with zero attached hydrogens (tertiary/aromatic N) is 1. The van der Waals surface area contributed by atoms with E-state index < -0.39 is 17.3 Å². The van der Waals surface area contributed by atoms with Crippen molar-refractivity contribution >= 4 is 0 Å². The van der Waals surface area contributed by atoms with Crippen molar-refractivity contribution in [3.63, 3.8) is 0 Å². The van der Waals surface area contributed by atoms with Crippen LogP contribution in [0.1, 0.15) is 23.2 Å². The van der Waals surface area contributed by atoms with Gasteiger partial charge in [-0.2, -0.15) is 13.2 Å². The van der Waals surface area contributed by atoms with Crippen LogP contribution in [0.3, 0.4) is 0 Å². The molecule has 2 nitrogen and oxygen atoms in total. The molecule has 1 aromatic heterocycles. The molecule has 1 heterocycles. The van der Waals surface area contributed by atoms with E-state index in [4.69, 9.17) is 0 Å². The van der Waals surface area contributed by atoms with E-state index in [-0.39, 0.29) is 0 Å². The minimum atomic E-state index is -4.41. The molecule has 0 spiro atoms. The Morgan fingerprint density at radius 1 is 1.33 bits per heavy atom. The summed E-state index contributed by atoms with van der Waals surface area (Å²) in [5.41, 5.74) is -0.500. The van der Waals surface area contributed by atoms with Crippen molar-refractivity contribution in [3.05, 3.63) is 33.2 Å². The molecule has 0 unspecified atom stereocenters. The van der Waals surface area contributed by atoms with E-state index in [0.717, 1.165) is 0 Å². The van der Waals surface area contributed by atoms with Crippen molar-refractivity contribution < 1.29 is 13.2 Å². The molecule has 0 amide bonds. The number of pyridine rings is 1. The number of hydrogen-bond donors (Lipinski definition) is 0. The summed E-state index contributed by atoms with van der Waals surface area (Å²) in [6.07, 6.45) is -2.75. The van der Waals surface area contributed by atoms with Crippen LogP contribution in [0.5, 0.6) is 0 Å². The zero-order valence-corrected chi connectivity index (χ0v) is 8.19.